The van der Waals surface area contributed by atoms with E-state index in [0.29, 0.717) is 29.8 Å². The minimum absolute atomic E-state index is 0.145. The van der Waals surface area contributed by atoms with E-state index in [1.807, 2.05) is 6.07 Å². The maximum atomic E-state index is 13.2. The summed E-state index contributed by atoms with van der Waals surface area (Å²) in [6.07, 6.45) is 0.811. The van der Waals surface area contributed by atoms with Gasteiger partial charge in [0.25, 0.3) is 5.91 Å². The number of primary sulfonamides is 1. The molecular formula is C21H21FN6O3S. The van der Waals surface area contributed by atoms with Gasteiger partial charge in [-0.25, -0.2) is 22.6 Å². The van der Waals surface area contributed by atoms with E-state index in [1.165, 1.54) is 47.1 Å². The highest BCUT2D eigenvalue weighted by atomic mass is 32.2. The molecule has 0 unspecified atom stereocenters. The second kappa shape index (κ2) is 9.17. The van der Waals surface area contributed by atoms with Crippen molar-refractivity contribution in [3.8, 4) is 11.8 Å². The molecule has 3 rings (SSSR count). The zero-order valence-electron chi connectivity index (χ0n) is 17.2. The monoisotopic (exact) mass is 456 g/mol. The third-order valence-electron chi connectivity index (χ3n) is 4.83. The molecule has 0 atom stereocenters. The molecule has 5 N–H and O–H groups in total. The van der Waals surface area contributed by atoms with Gasteiger partial charge >= 0.3 is 0 Å². The molecule has 11 heteroatoms. The fraction of sp³-hybridized carbons (Fsp3) is 0.190. The summed E-state index contributed by atoms with van der Waals surface area (Å²) in [5, 5.41) is 21.7. The molecule has 0 aliphatic rings. The fourth-order valence-corrected chi connectivity index (χ4v) is 3.67. The van der Waals surface area contributed by atoms with E-state index in [1.54, 1.807) is 6.92 Å². The number of hydrogen-bond acceptors (Lipinski definition) is 6. The number of aryl methyl sites for hydroxylation is 2. The summed E-state index contributed by atoms with van der Waals surface area (Å²) >= 11 is 0. The Balaban J connectivity index is 1.68. The maximum Gasteiger partial charge on any atom is 0.251 e. The molecule has 32 heavy (non-hydrogen) atoms. The second-order valence-corrected chi connectivity index (χ2v) is 8.65. The third kappa shape index (κ3) is 4.93. The first kappa shape index (κ1) is 22.9. The topological polar surface area (TPSA) is 157 Å². The lowest BCUT2D eigenvalue weighted by molar-refractivity contribution is 0.0952. The Morgan fingerprint density at radius 1 is 1.25 bits per heavy atom. The van der Waals surface area contributed by atoms with Crippen LogP contribution in [0.5, 0.6) is 0 Å². The Morgan fingerprint density at radius 2 is 1.94 bits per heavy atom. The van der Waals surface area contributed by atoms with E-state index < -0.39 is 21.7 Å². The Bertz CT molecular complexity index is 1310. The smallest absolute Gasteiger partial charge is 0.251 e. The van der Waals surface area contributed by atoms with Crippen LogP contribution in [0.25, 0.3) is 5.69 Å². The summed E-state index contributed by atoms with van der Waals surface area (Å²) in [6, 6.07) is 11.7. The molecule has 0 saturated carbocycles. The molecule has 9 nitrogen and oxygen atoms in total. The molecule has 0 saturated heterocycles. The van der Waals surface area contributed by atoms with Gasteiger partial charge < -0.3 is 11.1 Å². The van der Waals surface area contributed by atoms with Crippen LogP contribution in [0.2, 0.25) is 0 Å². The van der Waals surface area contributed by atoms with Gasteiger partial charge in [0.05, 0.1) is 16.3 Å². The number of nitrogens with zero attached hydrogens (tertiary/aromatic N) is 3. The molecule has 0 spiro atoms. The number of benzene rings is 2. The molecule has 3 aromatic rings. The van der Waals surface area contributed by atoms with Crippen LogP contribution in [-0.2, 0) is 16.4 Å². The number of nitriles is 1. The zero-order chi connectivity index (χ0) is 23.5. The van der Waals surface area contributed by atoms with Gasteiger partial charge in [-0.05, 0) is 61.7 Å². The van der Waals surface area contributed by atoms with Crippen LogP contribution in [0.3, 0.4) is 0 Å². The molecule has 2 aromatic carbocycles. The minimum Gasteiger partial charge on any atom is -0.382 e. The number of nitrogen functional groups attached to an aromatic ring is 1. The van der Waals surface area contributed by atoms with Crippen molar-refractivity contribution >= 4 is 21.7 Å². The first-order valence-electron chi connectivity index (χ1n) is 9.57. The molecule has 0 aliphatic carbocycles. The Hall–Kier alpha value is -3.75. The Labute approximate surface area is 184 Å². The van der Waals surface area contributed by atoms with Gasteiger partial charge in [0.15, 0.2) is 0 Å². The van der Waals surface area contributed by atoms with E-state index in [4.69, 9.17) is 10.9 Å². The minimum atomic E-state index is -3.93. The highest BCUT2D eigenvalue weighted by Crippen LogP contribution is 2.22. The van der Waals surface area contributed by atoms with Crippen LogP contribution < -0.4 is 16.2 Å². The second-order valence-electron chi connectivity index (χ2n) is 7.09. The first-order valence-corrected chi connectivity index (χ1v) is 11.1. The van der Waals surface area contributed by atoms with Gasteiger partial charge in [-0.3, -0.25) is 4.79 Å². The predicted octanol–water partition coefficient (Wildman–Crippen LogP) is 1.78. The van der Waals surface area contributed by atoms with Gasteiger partial charge in [0.1, 0.15) is 23.3 Å². The lowest BCUT2D eigenvalue weighted by Gasteiger charge is -2.09. The van der Waals surface area contributed by atoms with Crippen molar-refractivity contribution in [1.82, 2.24) is 15.1 Å². The van der Waals surface area contributed by atoms with Crippen molar-refractivity contribution in [2.24, 2.45) is 5.14 Å². The maximum absolute atomic E-state index is 13.2. The van der Waals surface area contributed by atoms with Crippen molar-refractivity contribution in [1.29, 1.82) is 5.26 Å². The van der Waals surface area contributed by atoms with Crippen LogP contribution in [0.4, 0.5) is 10.2 Å². The number of sulfonamides is 1. The summed E-state index contributed by atoms with van der Waals surface area (Å²) in [4.78, 5) is 12.3. The van der Waals surface area contributed by atoms with Crippen molar-refractivity contribution < 1.29 is 17.6 Å². The molecular weight excluding hydrogens is 435 g/mol. The molecule has 0 aliphatic heterocycles. The number of hydrogen-bond donors (Lipinski definition) is 3. The average molecular weight is 457 g/mol. The molecule has 0 radical (unpaired) electrons. The summed E-state index contributed by atoms with van der Waals surface area (Å²) < 4.78 is 37.6. The molecule has 166 valence electrons. The SMILES string of the molecule is Cc1ccc(S(N)(=O)=O)cc1C(=O)NCCCc1nn(-c2ccc(F)cc2)c(N)c1C#N. The highest BCUT2D eigenvalue weighted by molar-refractivity contribution is 7.89. The van der Waals surface area contributed by atoms with Crippen LogP contribution in [-0.4, -0.2) is 30.7 Å². The van der Waals surface area contributed by atoms with Crippen LogP contribution in [0.1, 0.15) is 33.6 Å². The number of carbonyl (C=O) groups excluding carboxylic acids is 1. The van der Waals surface area contributed by atoms with E-state index >= 15 is 0 Å². The number of amides is 1. The summed E-state index contributed by atoms with van der Waals surface area (Å²) in [6.45, 7) is 1.94. The van der Waals surface area contributed by atoms with Crippen LogP contribution in [0.15, 0.2) is 47.4 Å². The van der Waals surface area contributed by atoms with E-state index in [-0.39, 0.29) is 28.4 Å². The largest absolute Gasteiger partial charge is 0.382 e. The number of halogens is 1. The van der Waals surface area contributed by atoms with Gasteiger partial charge in [-0.1, -0.05) is 6.07 Å². The average Bonchev–Trinajstić information content (AvgIpc) is 3.06. The number of carbonyl (C=O) groups is 1. The predicted molar refractivity (Wildman–Crippen MR) is 116 cm³/mol. The number of nitrogens with one attached hydrogen (secondary N) is 1. The summed E-state index contributed by atoms with van der Waals surface area (Å²) in [7, 11) is -3.93. The quantitative estimate of drug-likeness (QED) is 0.460. The van der Waals surface area contributed by atoms with Crippen molar-refractivity contribution in [2.45, 2.75) is 24.7 Å². The van der Waals surface area contributed by atoms with Crippen molar-refractivity contribution in [3.63, 3.8) is 0 Å². The Morgan fingerprint density at radius 3 is 2.56 bits per heavy atom. The van der Waals surface area contributed by atoms with E-state index in [9.17, 15) is 22.9 Å². The third-order valence-corrected chi connectivity index (χ3v) is 5.75. The molecule has 1 aromatic heterocycles. The first-order chi connectivity index (χ1) is 15.1. The van der Waals surface area contributed by atoms with E-state index in [2.05, 4.69) is 10.4 Å². The van der Waals surface area contributed by atoms with Gasteiger partial charge in [0.2, 0.25) is 10.0 Å². The molecule has 1 heterocycles. The van der Waals surface area contributed by atoms with Gasteiger partial charge in [-0.15, -0.1) is 0 Å². The number of rotatable bonds is 7. The highest BCUT2D eigenvalue weighted by Gasteiger charge is 2.17. The lowest BCUT2D eigenvalue weighted by Crippen LogP contribution is -2.26. The van der Waals surface area contributed by atoms with Gasteiger partial charge in [0, 0.05) is 12.1 Å². The van der Waals surface area contributed by atoms with Gasteiger partial charge in [-0.2, -0.15) is 10.4 Å². The molecule has 0 bridgehead atoms. The molecule has 1 amide bonds. The normalized spacial score (nSPS) is 11.2. The summed E-state index contributed by atoms with van der Waals surface area (Å²) in [5.74, 6) is -0.695. The van der Waals surface area contributed by atoms with Crippen LogP contribution in [0, 0.1) is 24.1 Å². The number of aromatic nitrogens is 2. The summed E-state index contributed by atoms with van der Waals surface area (Å²) in [5.41, 5.74) is 8.04. The fourth-order valence-electron chi connectivity index (χ4n) is 3.13. The lowest BCUT2D eigenvalue weighted by atomic mass is 10.1. The van der Waals surface area contributed by atoms with Crippen molar-refractivity contribution in [2.75, 3.05) is 12.3 Å². The standard InChI is InChI=1S/C21H21FN6O3S/c1-13-4-9-16(32(25,30)31)11-17(13)21(29)26-10-2-3-19-18(12-23)20(24)28(27-19)15-7-5-14(22)6-8-15/h4-9,11H,2-3,10,24H2,1H3,(H,26,29)(H2,25,30,31). The molecule has 0 fully saturated rings. The number of nitrogens with two attached hydrogens (primary N) is 2. The van der Waals surface area contributed by atoms with Crippen LogP contribution >= 0.6 is 0 Å². The Kier molecular flexibility index (Phi) is 6.57. The zero-order valence-corrected chi connectivity index (χ0v) is 18.0. The number of anilines is 1. The van der Waals surface area contributed by atoms with E-state index in [0.717, 1.165) is 0 Å². The van der Waals surface area contributed by atoms with Crippen molar-refractivity contribution in [3.05, 3.63) is 70.7 Å².